The smallest absolute Gasteiger partial charge is 0.0723 e. The zero-order valence-corrected chi connectivity index (χ0v) is 11.5. The van der Waals surface area contributed by atoms with E-state index < -0.39 is 0 Å². The largest absolute Gasteiger partial charge is 0.380 e. The Balaban J connectivity index is 2.80. The second-order valence-corrected chi connectivity index (χ2v) is 6.04. The van der Waals surface area contributed by atoms with Gasteiger partial charge < -0.3 is 15.2 Å². The van der Waals surface area contributed by atoms with Gasteiger partial charge >= 0.3 is 0 Å². The summed E-state index contributed by atoms with van der Waals surface area (Å²) in [5.41, 5.74) is 6.11. The summed E-state index contributed by atoms with van der Waals surface area (Å²) in [5, 5.41) is 0. The van der Waals surface area contributed by atoms with E-state index in [9.17, 15) is 0 Å². The number of rotatable bonds is 4. The van der Waals surface area contributed by atoms with E-state index in [1.807, 2.05) is 0 Å². The van der Waals surface area contributed by atoms with E-state index in [0.717, 1.165) is 12.8 Å². The van der Waals surface area contributed by atoms with Crippen LogP contribution in [0.4, 0.5) is 0 Å². The second kappa shape index (κ2) is 4.63. The molecule has 96 valence electrons. The van der Waals surface area contributed by atoms with Gasteiger partial charge in [0.15, 0.2) is 0 Å². The molecule has 1 aliphatic rings. The second-order valence-electron chi connectivity index (χ2n) is 6.04. The van der Waals surface area contributed by atoms with Crippen molar-refractivity contribution in [2.24, 2.45) is 11.7 Å². The first-order chi connectivity index (χ1) is 7.23. The third-order valence-electron chi connectivity index (χ3n) is 3.74. The van der Waals surface area contributed by atoms with Crippen molar-refractivity contribution in [3.8, 4) is 0 Å². The molecular weight excluding hydrogens is 202 g/mol. The highest BCUT2D eigenvalue weighted by atomic mass is 16.5. The van der Waals surface area contributed by atoms with Crippen LogP contribution < -0.4 is 5.73 Å². The quantitative estimate of drug-likeness (QED) is 0.804. The topological polar surface area (TPSA) is 44.5 Å². The molecule has 0 radical (unpaired) electrons. The Hall–Kier alpha value is -0.120. The Morgan fingerprint density at radius 1 is 1.38 bits per heavy atom. The highest BCUT2D eigenvalue weighted by Gasteiger charge is 2.49. The Morgan fingerprint density at radius 3 is 2.25 bits per heavy atom. The molecule has 0 aromatic heterocycles. The summed E-state index contributed by atoms with van der Waals surface area (Å²) in [6, 6.07) is 0.0479. The van der Waals surface area contributed by atoms with E-state index in [0.29, 0.717) is 5.92 Å². The molecule has 1 heterocycles. The molecule has 0 aliphatic carbocycles. The molecule has 3 nitrogen and oxygen atoms in total. The van der Waals surface area contributed by atoms with E-state index in [1.165, 1.54) is 0 Å². The molecule has 16 heavy (non-hydrogen) atoms. The minimum absolute atomic E-state index is 0.0479. The fraction of sp³-hybridized carbons (Fsp3) is 1.00. The van der Waals surface area contributed by atoms with Gasteiger partial charge in [0.1, 0.15) is 0 Å². The van der Waals surface area contributed by atoms with Crippen LogP contribution in [0, 0.1) is 5.92 Å². The fourth-order valence-electron chi connectivity index (χ4n) is 3.06. The third kappa shape index (κ3) is 2.76. The van der Waals surface area contributed by atoms with Crippen molar-refractivity contribution in [1.29, 1.82) is 0 Å². The number of nitrogens with two attached hydrogens (primary N) is 1. The van der Waals surface area contributed by atoms with Crippen LogP contribution in [0.5, 0.6) is 0 Å². The summed E-state index contributed by atoms with van der Waals surface area (Å²) < 4.78 is 11.5. The van der Waals surface area contributed by atoms with E-state index in [4.69, 9.17) is 15.2 Å². The first kappa shape index (κ1) is 13.9. The van der Waals surface area contributed by atoms with Gasteiger partial charge in [-0.15, -0.1) is 0 Å². The van der Waals surface area contributed by atoms with Crippen LogP contribution in [-0.2, 0) is 9.47 Å². The summed E-state index contributed by atoms with van der Waals surface area (Å²) in [7, 11) is 1.74. The lowest BCUT2D eigenvalue weighted by atomic mass is 9.79. The van der Waals surface area contributed by atoms with Gasteiger partial charge in [-0.25, -0.2) is 0 Å². The van der Waals surface area contributed by atoms with E-state index in [2.05, 4.69) is 34.6 Å². The van der Waals surface area contributed by atoms with Gasteiger partial charge in [-0.2, -0.15) is 0 Å². The Labute approximate surface area is 99.7 Å². The Morgan fingerprint density at radius 2 is 1.94 bits per heavy atom. The maximum atomic E-state index is 6.34. The normalized spacial score (nSPS) is 31.3. The molecule has 0 aromatic carbocycles. The molecule has 3 atom stereocenters. The lowest BCUT2D eigenvalue weighted by molar-refractivity contribution is -0.0820. The van der Waals surface area contributed by atoms with Crippen LogP contribution in [0.3, 0.4) is 0 Å². The fourth-order valence-corrected chi connectivity index (χ4v) is 3.06. The lowest BCUT2D eigenvalue weighted by Gasteiger charge is -2.34. The van der Waals surface area contributed by atoms with Gasteiger partial charge in [-0.3, -0.25) is 0 Å². The van der Waals surface area contributed by atoms with E-state index >= 15 is 0 Å². The van der Waals surface area contributed by atoms with Crippen molar-refractivity contribution in [1.82, 2.24) is 0 Å². The van der Waals surface area contributed by atoms with Crippen molar-refractivity contribution in [2.75, 3.05) is 7.11 Å². The average Bonchev–Trinajstić information content (AvgIpc) is 2.36. The summed E-state index contributed by atoms with van der Waals surface area (Å²) in [6.45, 7) is 10.6. The third-order valence-corrected chi connectivity index (χ3v) is 3.74. The van der Waals surface area contributed by atoms with Crippen molar-refractivity contribution in [3.63, 3.8) is 0 Å². The molecule has 0 bridgehead atoms. The van der Waals surface area contributed by atoms with Crippen LogP contribution in [0.15, 0.2) is 0 Å². The van der Waals surface area contributed by atoms with Gasteiger partial charge in [-0.05, 0) is 40.5 Å². The first-order valence-corrected chi connectivity index (χ1v) is 6.22. The van der Waals surface area contributed by atoms with E-state index in [-0.39, 0.29) is 23.3 Å². The molecule has 0 spiro atoms. The summed E-state index contributed by atoms with van der Waals surface area (Å²) in [6.07, 6.45) is 2.08. The SMILES string of the molecule is CCC(OC)C(N)C1CC(C)(C)OC1(C)C. The minimum Gasteiger partial charge on any atom is -0.380 e. The average molecular weight is 229 g/mol. The number of hydrogen-bond donors (Lipinski definition) is 1. The highest BCUT2D eigenvalue weighted by Crippen LogP contribution is 2.44. The summed E-state index contributed by atoms with van der Waals surface area (Å²) in [4.78, 5) is 0. The zero-order chi connectivity index (χ0) is 12.6. The maximum absolute atomic E-state index is 6.34. The molecule has 1 aliphatic heterocycles. The molecule has 3 heteroatoms. The van der Waals surface area contributed by atoms with Crippen LogP contribution >= 0.6 is 0 Å². The van der Waals surface area contributed by atoms with Gasteiger partial charge in [0, 0.05) is 19.1 Å². The molecular formula is C13H27NO2. The number of methoxy groups -OCH3 is 1. The Bertz CT molecular complexity index is 234. The van der Waals surface area contributed by atoms with Gasteiger partial charge in [-0.1, -0.05) is 6.92 Å². The van der Waals surface area contributed by atoms with Crippen LogP contribution in [0.2, 0.25) is 0 Å². The number of hydrogen-bond acceptors (Lipinski definition) is 3. The summed E-state index contributed by atoms with van der Waals surface area (Å²) in [5.74, 6) is 0.354. The van der Waals surface area contributed by atoms with Crippen molar-refractivity contribution in [3.05, 3.63) is 0 Å². The van der Waals surface area contributed by atoms with Crippen molar-refractivity contribution in [2.45, 2.75) is 70.8 Å². The van der Waals surface area contributed by atoms with Gasteiger partial charge in [0.05, 0.1) is 17.3 Å². The molecule has 0 saturated carbocycles. The first-order valence-electron chi connectivity index (χ1n) is 6.22. The molecule has 1 fully saturated rings. The van der Waals surface area contributed by atoms with Gasteiger partial charge in [0.2, 0.25) is 0 Å². The van der Waals surface area contributed by atoms with Crippen LogP contribution in [0.25, 0.3) is 0 Å². The standard InChI is InChI=1S/C13H27NO2/c1-7-10(15-6)11(14)9-8-12(2,3)16-13(9,4)5/h9-11H,7-8,14H2,1-6H3. The summed E-state index contributed by atoms with van der Waals surface area (Å²) >= 11 is 0. The van der Waals surface area contributed by atoms with Crippen LogP contribution in [0.1, 0.15) is 47.5 Å². The lowest BCUT2D eigenvalue weighted by Crippen LogP contribution is -2.48. The predicted molar refractivity (Wildman–Crippen MR) is 66.4 cm³/mol. The van der Waals surface area contributed by atoms with E-state index in [1.54, 1.807) is 7.11 Å². The molecule has 0 aromatic rings. The maximum Gasteiger partial charge on any atom is 0.0723 e. The minimum atomic E-state index is -0.158. The Kier molecular flexibility index (Phi) is 4.04. The monoisotopic (exact) mass is 229 g/mol. The molecule has 2 N–H and O–H groups in total. The molecule has 0 amide bonds. The molecule has 1 rings (SSSR count). The number of ether oxygens (including phenoxy) is 2. The van der Waals surface area contributed by atoms with Crippen LogP contribution in [-0.4, -0.2) is 30.5 Å². The predicted octanol–water partition coefficient (Wildman–Crippen LogP) is 2.33. The van der Waals surface area contributed by atoms with Crippen molar-refractivity contribution >= 4 is 0 Å². The zero-order valence-electron chi connectivity index (χ0n) is 11.5. The highest BCUT2D eigenvalue weighted by molar-refractivity contribution is 5.00. The molecule has 3 unspecified atom stereocenters. The van der Waals surface area contributed by atoms with Gasteiger partial charge in [0.25, 0.3) is 0 Å². The van der Waals surface area contributed by atoms with Crippen molar-refractivity contribution < 1.29 is 9.47 Å². The molecule has 1 saturated heterocycles.